The number of nitrogens with zero attached hydrogens (tertiary/aromatic N) is 2. The van der Waals surface area contributed by atoms with Crippen molar-refractivity contribution in [2.75, 3.05) is 34.3 Å². The maximum Gasteiger partial charge on any atom is 0.295 e. The first-order chi connectivity index (χ1) is 15.1. The molecule has 1 aliphatic heterocycles. The van der Waals surface area contributed by atoms with Crippen LogP contribution in [-0.2, 0) is 9.59 Å². The number of methoxy groups -OCH3 is 1. The van der Waals surface area contributed by atoms with Gasteiger partial charge in [0.1, 0.15) is 17.3 Å². The topological polar surface area (TPSA) is 70.1 Å². The first kappa shape index (κ1) is 23.5. The number of hydrogen-bond acceptors (Lipinski definition) is 5. The van der Waals surface area contributed by atoms with Gasteiger partial charge < -0.3 is 19.6 Å². The minimum absolute atomic E-state index is 0.000220. The Kier molecular flexibility index (Phi) is 6.99. The maximum atomic E-state index is 13.6. The third-order valence-electron chi connectivity index (χ3n) is 5.64. The zero-order valence-corrected chi connectivity index (χ0v) is 19.1. The van der Waals surface area contributed by atoms with Crippen LogP contribution in [0.2, 0.25) is 0 Å². The molecule has 3 rings (SSSR count). The molecule has 6 nitrogen and oxygen atoms in total. The van der Waals surface area contributed by atoms with Crippen molar-refractivity contribution in [3.63, 3.8) is 0 Å². The molecule has 1 amide bonds. The second-order valence-electron chi connectivity index (χ2n) is 8.46. The Balaban J connectivity index is 2.17. The van der Waals surface area contributed by atoms with Crippen LogP contribution < -0.4 is 4.74 Å². The molecular formula is C25H29FN2O4. The summed E-state index contributed by atoms with van der Waals surface area (Å²) in [5.74, 6) is -1.31. The van der Waals surface area contributed by atoms with Crippen molar-refractivity contribution in [3.05, 3.63) is 70.5 Å². The van der Waals surface area contributed by atoms with Gasteiger partial charge in [0.2, 0.25) is 0 Å². The molecule has 1 fully saturated rings. The van der Waals surface area contributed by atoms with Gasteiger partial charge in [-0.3, -0.25) is 9.59 Å². The number of aliphatic hydroxyl groups is 1. The molecule has 1 heterocycles. The number of Topliss-reactive ketones (excluding diaryl/α,β-unsaturated/α-hetero) is 1. The van der Waals surface area contributed by atoms with Crippen LogP contribution in [0.5, 0.6) is 5.75 Å². The normalized spacial score (nSPS) is 18.1. The molecule has 1 atom stereocenters. The van der Waals surface area contributed by atoms with E-state index in [-0.39, 0.29) is 23.8 Å². The van der Waals surface area contributed by atoms with Crippen LogP contribution in [0.4, 0.5) is 4.39 Å². The van der Waals surface area contributed by atoms with Gasteiger partial charge in [0.25, 0.3) is 11.7 Å². The fourth-order valence-corrected chi connectivity index (χ4v) is 3.90. The Morgan fingerprint density at radius 3 is 2.38 bits per heavy atom. The zero-order valence-electron chi connectivity index (χ0n) is 19.1. The lowest BCUT2D eigenvalue weighted by Crippen LogP contribution is -2.35. The van der Waals surface area contributed by atoms with Gasteiger partial charge in [0, 0.05) is 18.7 Å². The van der Waals surface area contributed by atoms with E-state index in [0.29, 0.717) is 23.4 Å². The van der Waals surface area contributed by atoms with E-state index in [9.17, 15) is 19.1 Å². The highest BCUT2D eigenvalue weighted by atomic mass is 19.1. The summed E-state index contributed by atoms with van der Waals surface area (Å²) < 4.78 is 19.0. The fraction of sp³-hybridized carbons (Fsp3) is 0.360. The summed E-state index contributed by atoms with van der Waals surface area (Å²) in [5, 5.41) is 11.2. The Bertz CT molecular complexity index is 1040. The molecule has 0 aromatic heterocycles. The third kappa shape index (κ3) is 4.53. The second kappa shape index (κ2) is 9.53. The predicted octanol–water partition coefficient (Wildman–Crippen LogP) is 3.94. The summed E-state index contributed by atoms with van der Waals surface area (Å²) in [6, 6.07) is 10.0. The van der Waals surface area contributed by atoms with E-state index in [0.717, 1.165) is 5.56 Å². The number of hydrogen-bond donors (Lipinski definition) is 1. The van der Waals surface area contributed by atoms with E-state index in [1.54, 1.807) is 25.3 Å². The largest absolute Gasteiger partial charge is 0.507 e. The van der Waals surface area contributed by atoms with Crippen LogP contribution in [0.1, 0.15) is 42.5 Å². The van der Waals surface area contributed by atoms with Crippen molar-refractivity contribution >= 4 is 17.4 Å². The highest BCUT2D eigenvalue weighted by Gasteiger charge is 2.45. The van der Waals surface area contributed by atoms with Crippen molar-refractivity contribution in [1.29, 1.82) is 0 Å². The molecule has 0 saturated carbocycles. The monoisotopic (exact) mass is 440 g/mol. The van der Waals surface area contributed by atoms with Gasteiger partial charge in [-0.2, -0.15) is 0 Å². The van der Waals surface area contributed by atoms with Crippen LogP contribution in [-0.4, -0.2) is 60.9 Å². The van der Waals surface area contributed by atoms with Gasteiger partial charge in [0.15, 0.2) is 0 Å². The summed E-state index contributed by atoms with van der Waals surface area (Å²) >= 11 is 0. The number of ether oxygens (including phenoxy) is 1. The van der Waals surface area contributed by atoms with Crippen LogP contribution in [0, 0.1) is 5.82 Å². The number of ketones is 1. The molecule has 2 aromatic rings. The summed E-state index contributed by atoms with van der Waals surface area (Å²) in [5.41, 5.74) is 1.85. The molecule has 1 N–H and O–H groups in total. The minimum Gasteiger partial charge on any atom is -0.507 e. The number of rotatable bonds is 7. The van der Waals surface area contributed by atoms with Crippen LogP contribution in [0.25, 0.3) is 5.76 Å². The average molecular weight is 441 g/mol. The van der Waals surface area contributed by atoms with E-state index in [2.05, 4.69) is 0 Å². The number of amides is 1. The fourth-order valence-electron chi connectivity index (χ4n) is 3.90. The highest BCUT2D eigenvalue weighted by molar-refractivity contribution is 6.46. The van der Waals surface area contributed by atoms with Gasteiger partial charge in [-0.25, -0.2) is 4.39 Å². The number of halogens is 1. The van der Waals surface area contributed by atoms with E-state index in [1.807, 2.05) is 32.8 Å². The predicted molar refractivity (Wildman–Crippen MR) is 121 cm³/mol. The zero-order chi connectivity index (χ0) is 23.6. The first-order valence-corrected chi connectivity index (χ1v) is 10.5. The smallest absolute Gasteiger partial charge is 0.295 e. The molecular weight excluding hydrogens is 411 g/mol. The minimum atomic E-state index is -0.805. The van der Waals surface area contributed by atoms with E-state index >= 15 is 0 Å². The molecule has 32 heavy (non-hydrogen) atoms. The van der Waals surface area contributed by atoms with Gasteiger partial charge in [-0.1, -0.05) is 26.0 Å². The number of carbonyl (C=O) groups is 2. The molecule has 0 bridgehead atoms. The van der Waals surface area contributed by atoms with Gasteiger partial charge in [-0.05, 0) is 61.5 Å². The van der Waals surface area contributed by atoms with E-state index in [1.165, 1.54) is 29.2 Å². The van der Waals surface area contributed by atoms with Crippen molar-refractivity contribution in [1.82, 2.24) is 9.80 Å². The maximum absolute atomic E-state index is 13.6. The Labute approximate surface area is 187 Å². The molecule has 1 aliphatic rings. The van der Waals surface area contributed by atoms with Gasteiger partial charge >= 0.3 is 0 Å². The van der Waals surface area contributed by atoms with Crippen molar-refractivity contribution < 1.29 is 23.8 Å². The summed E-state index contributed by atoms with van der Waals surface area (Å²) in [6.07, 6.45) is 0. The molecule has 7 heteroatoms. The lowest BCUT2D eigenvalue weighted by molar-refractivity contribution is -0.140. The quantitative estimate of drug-likeness (QED) is 0.401. The van der Waals surface area contributed by atoms with Gasteiger partial charge in [-0.15, -0.1) is 0 Å². The van der Waals surface area contributed by atoms with E-state index < -0.39 is 23.5 Å². The van der Waals surface area contributed by atoms with E-state index in [4.69, 9.17) is 4.74 Å². The standard InChI is InChI=1S/C25H29FN2O4/c1-15(2)19-14-17(8-11-20(19)32-5)23(29)21-22(16-6-9-18(26)10-7-16)28(13-12-27(3)4)25(31)24(21)30/h6-11,14-15,22,29H,12-13H2,1-5H3/b23-21-. The molecule has 0 spiro atoms. The number of carbonyl (C=O) groups excluding carboxylic acids is 2. The Morgan fingerprint density at radius 1 is 1.16 bits per heavy atom. The Hall–Kier alpha value is -3.19. The Morgan fingerprint density at radius 2 is 1.81 bits per heavy atom. The summed E-state index contributed by atoms with van der Waals surface area (Å²) in [7, 11) is 5.31. The molecule has 170 valence electrons. The molecule has 0 radical (unpaired) electrons. The highest BCUT2D eigenvalue weighted by Crippen LogP contribution is 2.40. The molecule has 1 saturated heterocycles. The first-order valence-electron chi connectivity index (χ1n) is 10.5. The lowest BCUT2D eigenvalue weighted by Gasteiger charge is -2.26. The lowest BCUT2D eigenvalue weighted by atomic mass is 9.93. The van der Waals surface area contributed by atoms with Gasteiger partial charge in [0.05, 0.1) is 18.7 Å². The van der Waals surface area contributed by atoms with Crippen LogP contribution in [0.3, 0.4) is 0 Å². The molecule has 1 unspecified atom stereocenters. The van der Waals surface area contributed by atoms with Crippen molar-refractivity contribution in [3.8, 4) is 5.75 Å². The molecule has 0 aliphatic carbocycles. The van der Waals surface area contributed by atoms with Crippen LogP contribution in [0.15, 0.2) is 48.0 Å². The van der Waals surface area contributed by atoms with Crippen molar-refractivity contribution in [2.45, 2.75) is 25.8 Å². The second-order valence-corrected chi connectivity index (χ2v) is 8.46. The SMILES string of the molecule is COc1ccc(/C(O)=C2/C(=O)C(=O)N(CCN(C)C)C2c2ccc(F)cc2)cc1C(C)C. The summed E-state index contributed by atoms with van der Waals surface area (Å²) in [6.45, 7) is 4.82. The number of likely N-dealkylation sites (tertiary alicyclic amines) is 1. The number of likely N-dealkylation sites (N-methyl/N-ethyl adjacent to an activating group) is 1. The molecule has 2 aromatic carbocycles. The summed E-state index contributed by atoms with van der Waals surface area (Å²) in [4.78, 5) is 29.3. The number of benzene rings is 2. The third-order valence-corrected chi connectivity index (χ3v) is 5.64. The van der Waals surface area contributed by atoms with Crippen molar-refractivity contribution in [2.24, 2.45) is 0 Å². The average Bonchev–Trinajstić information content (AvgIpc) is 3.01. The van der Waals surface area contributed by atoms with Crippen LogP contribution >= 0.6 is 0 Å². The number of aliphatic hydroxyl groups excluding tert-OH is 1.